The number of amides is 1. The van der Waals surface area contributed by atoms with E-state index in [0.29, 0.717) is 0 Å². The predicted molar refractivity (Wildman–Crippen MR) is 74.3 cm³/mol. The van der Waals surface area contributed by atoms with Gasteiger partial charge in [0.15, 0.2) is 0 Å². The number of carbonyl (C=O) groups excluding carboxylic acids is 1. The molecular weight excluding hydrogens is 222 g/mol. The Hall–Kier alpha value is -1.31. The molecule has 1 N–H and O–H groups in total. The van der Waals surface area contributed by atoms with E-state index in [1.807, 2.05) is 13.8 Å². The molecule has 18 heavy (non-hydrogen) atoms. The topological polar surface area (TPSA) is 29.1 Å². The molecule has 98 valence electrons. The Morgan fingerprint density at radius 1 is 1.33 bits per heavy atom. The van der Waals surface area contributed by atoms with Crippen LogP contribution in [0.4, 0.5) is 0 Å². The second-order valence-corrected chi connectivity index (χ2v) is 6.46. The zero-order valence-electron chi connectivity index (χ0n) is 11.8. The van der Waals surface area contributed by atoms with E-state index in [9.17, 15) is 4.79 Å². The fourth-order valence-corrected chi connectivity index (χ4v) is 2.75. The molecule has 0 aromatic heterocycles. The second-order valence-electron chi connectivity index (χ2n) is 6.46. The third kappa shape index (κ3) is 2.74. The van der Waals surface area contributed by atoms with Crippen molar-refractivity contribution in [2.45, 2.75) is 46.6 Å². The summed E-state index contributed by atoms with van der Waals surface area (Å²) in [5.41, 5.74) is 2.93. The lowest BCUT2D eigenvalue weighted by Gasteiger charge is -2.37. The van der Waals surface area contributed by atoms with Gasteiger partial charge in [-0.3, -0.25) is 4.79 Å². The van der Waals surface area contributed by atoms with E-state index in [1.54, 1.807) is 0 Å². The minimum absolute atomic E-state index is 0.0437. The molecule has 2 nitrogen and oxygen atoms in total. The highest BCUT2D eigenvalue weighted by Gasteiger charge is 2.32. The van der Waals surface area contributed by atoms with Crippen LogP contribution in [-0.4, -0.2) is 5.91 Å². The van der Waals surface area contributed by atoms with Crippen LogP contribution in [0.2, 0.25) is 0 Å². The van der Waals surface area contributed by atoms with Gasteiger partial charge in [0.25, 0.3) is 0 Å². The molecule has 0 heterocycles. The molecule has 0 fully saturated rings. The molecule has 0 saturated carbocycles. The van der Waals surface area contributed by atoms with Crippen LogP contribution in [0.3, 0.4) is 0 Å². The number of fused-ring (bicyclic) bond motifs is 1. The van der Waals surface area contributed by atoms with Crippen molar-refractivity contribution in [1.29, 1.82) is 0 Å². The number of rotatable bonds is 2. The van der Waals surface area contributed by atoms with E-state index >= 15 is 0 Å². The highest BCUT2D eigenvalue weighted by molar-refractivity contribution is 5.78. The third-order valence-corrected chi connectivity index (χ3v) is 3.70. The molecule has 1 aromatic carbocycles. The fourth-order valence-electron chi connectivity index (χ4n) is 2.75. The predicted octanol–water partition coefficient (Wildman–Crippen LogP) is 3.47. The average molecular weight is 245 g/mol. The number of nitrogens with one attached hydrogen (secondary N) is 1. The van der Waals surface area contributed by atoms with Crippen LogP contribution in [0.25, 0.3) is 0 Å². The molecule has 0 spiro atoms. The standard InChI is InChI=1S/C16H23NO/c1-11(2)15(18)17-14-10-16(3,4)9-12-7-5-6-8-13(12)14/h5-8,11,14H,9-10H2,1-4H3,(H,17,18). The van der Waals surface area contributed by atoms with Crippen molar-refractivity contribution in [3.8, 4) is 0 Å². The molecule has 1 atom stereocenters. The Morgan fingerprint density at radius 2 is 2.00 bits per heavy atom. The van der Waals surface area contributed by atoms with Gasteiger partial charge in [0.2, 0.25) is 5.91 Å². The minimum atomic E-state index is 0.0437. The zero-order chi connectivity index (χ0) is 13.3. The van der Waals surface area contributed by atoms with E-state index in [4.69, 9.17) is 0 Å². The van der Waals surface area contributed by atoms with Crippen LogP contribution in [0, 0.1) is 11.3 Å². The first kappa shape index (κ1) is 13.1. The second kappa shape index (κ2) is 4.75. The highest BCUT2D eigenvalue weighted by atomic mass is 16.1. The van der Waals surface area contributed by atoms with E-state index in [-0.39, 0.29) is 23.3 Å². The molecule has 0 radical (unpaired) electrons. The van der Waals surface area contributed by atoms with Gasteiger partial charge in [-0.2, -0.15) is 0 Å². The smallest absolute Gasteiger partial charge is 0.223 e. The monoisotopic (exact) mass is 245 g/mol. The number of benzene rings is 1. The van der Waals surface area contributed by atoms with Gasteiger partial charge in [-0.15, -0.1) is 0 Å². The molecule has 1 amide bonds. The first-order chi connectivity index (χ1) is 8.39. The van der Waals surface area contributed by atoms with Crippen LogP contribution < -0.4 is 5.32 Å². The first-order valence-corrected chi connectivity index (χ1v) is 6.77. The summed E-state index contributed by atoms with van der Waals surface area (Å²) in [6, 6.07) is 8.65. The summed E-state index contributed by atoms with van der Waals surface area (Å²) in [4.78, 5) is 11.9. The SMILES string of the molecule is CC(C)C(=O)NC1CC(C)(C)Cc2ccccc21. The van der Waals surface area contributed by atoms with E-state index < -0.39 is 0 Å². The lowest BCUT2D eigenvalue weighted by atomic mass is 9.72. The molecule has 2 heteroatoms. The molecule has 1 aliphatic rings. The summed E-state index contributed by atoms with van der Waals surface area (Å²) in [6.45, 7) is 8.43. The Balaban J connectivity index is 2.27. The van der Waals surface area contributed by atoms with E-state index in [2.05, 4.69) is 43.4 Å². The number of hydrogen-bond donors (Lipinski definition) is 1. The normalized spacial score (nSPS) is 21.5. The maximum Gasteiger partial charge on any atom is 0.223 e. The molecule has 0 bridgehead atoms. The van der Waals surface area contributed by atoms with Gasteiger partial charge in [-0.1, -0.05) is 52.0 Å². The summed E-state index contributed by atoms with van der Waals surface area (Å²) in [6.07, 6.45) is 2.11. The van der Waals surface area contributed by atoms with Crippen molar-refractivity contribution in [3.63, 3.8) is 0 Å². The van der Waals surface area contributed by atoms with E-state index in [0.717, 1.165) is 12.8 Å². The van der Waals surface area contributed by atoms with Crippen molar-refractivity contribution in [2.75, 3.05) is 0 Å². The first-order valence-electron chi connectivity index (χ1n) is 6.77. The maximum absolute atomic E-state index is 11.9. The van der Waals surface area contributed by atoms with Crippen LogP contribution in [-0.2, 0) is 11.2 Å². The summed E-state index contributed by atoms with van der Waals surface area (Å²) in [7, 11) is 0. The van der Waals surface area contributed by atoms with Gasteiger partial charge < -0.3 is 5.32 Å². The Labute approximate surface area is 110 Å². The van der Waals surface area contributed by atoms with Gasteiger partial charge in [0, 0.05) is 5.92 Å². The van der Waals surface area contributed by atoms with Crippen molar-refractivity contribution in [3.05, 3.63) is 35.4 Å². The van der Waals surface area contributed by atoms with Crippen LogP contribution in [0.1, 0.15) is 51.3 Å². The van der Waals surface area contributed by atoms with Crippen LogP contribution >= 0.6 is 0 Å². The van der Waals surface area contributed by atoms with Crippen LogP contribution in [0.15, 0.2) is 24.3 Å². The van der Waals surface area contributed by atoms with E-state index in [1.165, 1.54) is 11.1 Å². The Bertz CT molecular complexity index is 448. The minimum Gasteiger partial charge on any atom is -0.349 e. The molecule has 1 aliphatic carbocycles. The summed E-state index contributed by atoms with van der Waals surface area (Å²) in [5, 5.41) is 3.19. The lowest BCUT2D eigenvalue weighted by Crippen LogP contribution is -2.38. The van der Waals surface area contributed by atoms with Crippen molar-refractivity contribution in [2.24, 2.45) is 11.3 Å². The van der Waals surface area contributed by atoms with Gasteiger partial charge in [0.05, 0.1) is 6.04 Å². The molecule has 1 unspecified atom stereocenters. The Kier molecular flexibility index (Phi) is 3.47. The summed E-state index contributed by atoms with van der Waals surface area (Å²) < 4.78 is 0. The molecular formula is C16H23NO. The average Bonchev–Trinajstić information content (AvgIpc) is 2.27. The van der Waals surface area contributed by atoms with Crippen molar-refractivity contribution >= 4 is 5.91 Å². The largest absolute Gasteiger partial charge is 0.349 e. The molecule has 1 aromatic rings. The summed E-state index contributed by atoms with van der Waals surface area (Å²) in [5.74, 6) is 0.190. The fraction of sp³-hybridized carbons (Fsp3) is 0.562. The van der Waals surface area contributed by atoms with Gasteiger partial charge in [-0.25, -0.2) is 0 Å². The van der Waals surface area contributed by atoms with Crippen molar-refractivity contribution in [1.82, 2.24) is 5.32 Å². The molecule has 0 saturated heterocycles. The quantitative estimate of drug-likeness (QED) is 0.849. The number of hydrogen-bond acceptors (Lipinski definition) is 1. The van der Waals surface area contributed by atoms with Gasteiger partial charge in [-0.05, 0) is 29.4 Å². The van der Waals surface area contributed by atoms with Crippen molar-refractivity contribution < 1.29 is 4.79 Å². The van der Waals surface area contributed by atoms with Gasteiger partial charge >= 0.3 is 0 Å². The molecule has 0 aliphatic heterocycles. The molecule has 2 rings (SSSR count). The maximum atomic E-state index is 11.9. The number of carbonyl (C=O) groups is 1. The summed E-state index contributed by atoms with van der Waals surface area (Å²) >= 11 is 0. The Morgan fingerprint density at radius 3 is 2.67 bits per heavy atom. The third-order valence-electron chi connectivity index (χ3n) is 3.70. The van der Waals surface area contributed by atoms with Crippen LogP contribution in [0.5, 0.6) is 0 Å². The highest BCUT2D eigenvalue weighted by Crippen LogP contribution is 2.40. The van der Waals surface area contributed by atoms with Gasteiger partial charge in [0.1, 0.15) is 0 Å². The lowest BCUT2D eigenvalue weighted by molar-refractivity contribution is -0.125. The zero-order valence-corrected chi connectivity index (χ0v) is 11.8.